The van der Waals surface area contributed by atoms with E-state index < -0.39 is 23.8 Å². The van der Waals surface area contributed by atoms with E-state index in [1.54, 1.807) is 0 Å². The van der Waals surface area contributed by atoms with Crippen LogP contribution in [0.3, 0.4) is 0 Å². The molecule has 1 N–H and O–H groups in total. The molecule has 0 aromatic carbocycles. The summed E-state index contributed by atoms with van der Waals surface area (Å²) in [6, 6.07) is 0. The normalized spacial score (nSPS) is 42.8. The summed E-state index contributed by atoms with van der Waals surface area (Å²) in [5.74, 6) is -1.36. The van der Waals surface area contributed by atoms with Crippen LogP contribution >= 0.6 is 12.9 Å². The third-order valence-corrected chi connectivity index (χ3v) is 4.93. The number of alkyl halides is 2. The number of thiol groups is 1. The number of esters is 1. The van der Waals surface area contributed by atoms with Gasteiger partial charge < -0.3 is 9.84 Å². The van der Waals surface area contributed by atoms with Crippen LogP contribution in [0.1, 0.15) is 32.1 Å². The van der Waals surface area contributed by atoms with Crippen molar-refractivity contribution in [3.63, 3.8) is 0 Å². The lowest BCUT2D eigenvalue weighted by atomic mass is 9.53. The second kappa shape index (κ2) is 4.79. The first-order valence-electron chi connectivity index (χ1n) is 6.64. The van der Waals surface area contributed by atoms with Gasteiger partial charge in [0, 0.05) is 12.9 Å². The average molecular weight is 310 g/mol. The van der Waals surface area contributed by atoms with E-state index in [9.17, 15) is 18.7 Å². The highest BCUT2D eigenvalue weighted by Crippen LogP contribution is 2.57. The number of carbonyl (C=O) groups is 1. The van der Waals surface area contributed by atoms with Gasteiger partial charge in [0.15, 0.2) is 0 Å². The van der Waals surface area contributed by atoms with Crippen molar-refractivity contribution in [2.45, 2.75) is 49.9 Å². The predicted molar refractivity (Wildman–Crippen MR) is 64.5 cm³/mol. The maximum absolute atomic E-state index is 13.3. The van der Waals surface area contributed by atoms with Gasteiger partial charge in [-0.3, -0.25) is 0 Å². The summed E-state index contributed by atoms with van der Waals surface area (Å²) in [4.78, 5) is 15.1. The molecule has 4 rings (SSSR count). The van der Waals surface area contributed by atoms with Gasteiger partial charge in [-0.05, 0) is 49.9 Å². The Balaban J connectivity index is 1.73. The van der Waals surface area contributed by atoms with Crippen molar-refractivity contribution in [3.8, 4) is 0 Å². The van der Waals surface area contributed by atoms with E-state index in [1.165, 1.54) is 0 Å². The van der Waals surface area contributed by atoms with Gasteiger partial charge in [0.25, 0.3) is 0 Å². The van der Waals surface area contributed by atoms with Crippen LogP contribution < -0.4 is 0 Å². The quantitative estimate of drug-likeness (QED) is 0.273. The molecule has 4 fully saturated rings. The maximum atomic E-state index is 13.3. The van der Waals surface area contributed by atoms with Gasteiger partial charge in [-0.1, -0.05) is 0 Å². The molecule has 5 nitrogen and oxygen atoms in total. The second-order valence-corrected chi connectivity index (χ2v) is 6.36. The van der Waals surface area contributed by atoms with Crippen LogP contribution in [0.25, 0.3) is 0 Å². The van der Waals surface area contributed by atoms with Crippen LogP contribution in [0.2, 0.25) is 0 Å². The standard InChI is InChI=1S/C12H16F2O5S/c13-12(14,18-19-20)10(16)17-11-3-6-1-7(4-11)9(15)8(2-6)5-11/h6-9,15,20H,1-5H2. The Hall–Kier alpha value is -0.440. The summed E-state index contributed by atoms with van der Waals surface area (Å²) in [5.41, 5.74) is -0.893. The number of aliphatic hydroxyl groups excluding tert-OH is 1. The lowest BCUT2D eigenvalue weighted by Crippen LogP contribution is -2.59. The van der Waals surface area contributed by atoms with Crippen molar-refractivity contribution in [3.05, 3.63) is 0 Å². The van der Waals surface area contributed by atoms with Gasteiger partial charge in [0.05, 0.1) is 6.10 Å². The van der Waals surface area contributed by atoms with Gasteiger partial charge in [0.1, 0.15) is 5.60 Å². The molecule has 0 radical (unpaired) electrons. The van der Waals surface area contributed by atoms with Gasteiger partial charge in [-0.15, -0.1) is 4.89 Å². The highest BCUT2D eigenvalue weighted by Gasteiger charge is 2.59. The van der Waals surface area contributed by atoms with Crippen LogP contribution in [0.15, 0.2) is 0 Å². The van der Waals surface area contributed by atoms with Crippen LogP contribution in [0.4, 0.5) is 8.78 Å². The number of ether oxygens (including phenoxy) is 1. The largest absolute Gasteiger partial charge is 0.483 e. The summed E-state index contributed by atoms with van der Waals surface area (Å²) in [6.45, 7) is 0. The first-order valence-corrected chi connectivity index (χ1v) is 7.00. The number of hydrogen-bond acceptors (Lipinski definition) is 6. The van der Waals surface area contributed by atoms with Gasteiger partial charge in [-0.25, -0.2) is 4.79 Å². The van der Waals surface area contributed by atoms with Gasteiger partial charge in [0.2, 0.25) is 0 Å². The molecule has 0 aromatic heterocycles. The SMILES string of the molecule is O=C(OC12CC3CC(C1)C(O)C(C3)C2)C(F)(F)OOS. The monoisotopic (exact) mass is 310 g/mol. The van der Waals surface area contributed by atoms with Crippen LogP contribution in [-0.2, 0) is 18.8 Å². The average Bonchev–Trinajstić information content (AvgIpc) is 2.34. The van der Waals surface area contributed by atoms with Crippen LogP contribution in [-0.4, -0.2) is 28.9 Å². The summed E-state index contributed by atoms with van der Waals surface area (Å²) in [7, 11) is 0. The van der Waals surface area contributed by atoms with E-state index in [-0.39, 0.29) is 11.8 Å². The predicted octanol–water partition coefficient (Wildman–Crippen LogP) is 1.85. The fourth-order valence-corrected chi connectivity index (χ4v) is 4.48. The third kappa shape index (κ3) is 2.32. The van der Waals surface area contributed by atoms with Crippen LogP contribution in [0.5, 0.6) is 0 Å². The number of halogens is 2. The van der Waals surface area contributed by atoms with E-state index in [1.807, 2.05) is 0 Å². The Bertz CT molecular complexity index is 403. The number of carbonyl (C=O) groups excluding carboxylic acids is 1. The van der Waals surface area contributed by atoms with Crippen molar-refractivity contribution in [1.29, 1.82) is 0 Å². The number of hydrogen-bond donors (Lipinski definition) is 2. The fraction of sp³-hybridized carbons (Fsp3) is 0.917. The molecule has 0 heterocycles. The van der Waals surface area contributed by atoms with E-state index >= 15 is 0 Å². The highest BCUT2D eigenvalue weighted by molar-refractivity contribution is 7.74. The zero-order valence-electron chi connectivity index (χ0n) is 10.6. The van der Waals surface area contributed by atoms with Crippen molar-refractivity contribution in [1.82, 2.24) is 0 Å². The molecule has 8 heteroatoms. The summed E-state index contributed by atoms with van der Waals surface area (Å²) < 4.78 is 35.2. The number of aliphatic hydroxyl groups is 1. The zero-order chi connectivity index (χ0) is 14.5. The van der Waals surface area contributed by atoms with E-state index in [2.05, 4.69) is 22.1 Å². The van der Waals surface area contributed by atoms with E-state index in [0.29, 0.717) is 25.2 Å². The molecule has 2 unspecified atom stereocenters. The third-order valence-electron chi connectivity index (χ3n) is 4.86. The van der Waals surface area contributed by atoms with Crippen molar-refractivity contribution < 1.29 is 32.6 Å². The smallest absolute Gasteiger partial charge is 0.453 e. The van der Waals surface area contributed by atoms with Gasteiger partial charge >= 0.3 is 12.1 Å². The molecule has 0 saturated heterocycles. The Labute approximate surface area is 120 Å². The minimum absolute atomic E-state index is 0.0321. The molecule has 0 aliphatic heterocycles. The molecule has 20 heavy (non-hydrogen) atoms. The Morgan fingerprint density at radius 2 is 1.85 bits per heavy atom. The van der Waals surface area contributed by atoms with Crippen molar-refractivity contribution >= 4 is 18.9 Å². The molecule has 4 aliphatic rings. The topological polar surface area (TPSA) is 65.0 Å². The Morgan fingerprint density at radius 3 is 2.40 bits per heavy atom. The first kappa shape index (κ1) is 14.5. The second-order valence-electron chi connectivity index (χ2n) is 6.21. The van der Waals surface area contributed by atoms with Crippen molar-refractivity contribution in [2.75, 3.05) is 0 Å². The van der Waals surface area contributed by atoms with Crippen molar-refractivity contribution in [2.24, 2.45) is 17.8 Å². The minimum atomic E-state index is -4.18. The molecule has 0 aromatic rings. The molecule has 0 amide bonds. The summed E-state index contributed by atoms with van der Waals surface area (Å²) in [5, 5.41) is 10.1. The molecule has 4 aliphatic carbocycles. The molecule has 0 spiro atoms. The molecule has 2 atom stereocenters. The minimum Gasteiger partial charge on any atom is -0.453 e. The van der Waals surface area contributed by atoms with E-state index in [4.69, 9.17) is 4.74 Å². The Morgan fingerprint density at radius 1 is 1.25 bits per heavy atom. The zero-order valence-corrected chi connectivity index (χ0v) is 11.5. The highest BCUT2D eigenvalue weighted by atomic mass is 32.1. The molecule has 114 valence electrons. The lowest BCUT2D eigenvalue weighted by Gasteiger charge is -2.57. The molecular formula is C12H16F2O5S. The van der Waals surface area contributed by atoms with Crippen LogP contribution in [0, 0.1) is 17.8 Å². The molecule has 4 saturated carbocycles. The molecule has 4 bridgehead atoms. The summed E-state index contributed by atoms with van der Waals surface area (Å²) >= 11 is 3.03. The number of rotatable bonds is 4. The maximum Gasteiger partial charge on any atom is 0.483 e. The fourth-order valence-electron chi connectivity index (χ4n) is 4.38. The molecular weight excluding hydrogens is 294 g/mol. The Kier molecular flexibility index (Phi) is 3.47. The lowest BCUT2D eigenvalue weighted by molar-refractivity contribution is -0.373. The van der Waals surface area contributed by atoms with E-state index in [0.717, 1.165) is 12.8 Å². The first-order chi connectivity index (χ1) is 9.35. The van der Waals surface area contributed by atoms with Gasteiger partial charge in [-0.2, -0.15) is 13.1 Å². The summed E-state index contributed by atoms with van der Waals surface area (Å²) in [6.07, 6.45) is -1.38.